The second-order valence-corrected chi connectivity index (χ2v) is 4.37. The van der Waals surface area contributed by atoms with E-state index in [2.05, 4.69) is 19.2 Å². The van der Waals surface area contributed by atoms with E-state index in [0.29, 0.717) is 0 Å². The van der Waals surface area contributed by atoms with Crippen molar-refractivity contribution in [2.24, 2.45) is 5.41 Å². The van der Waals surface area contributed by atoms with Crippen molar-refractivity contribution in [2.45, 2.75) is 52.4 Å². The minimum absolute atomic E-state index is 0.790. The fourth-order valence-electron chi connectivity index (χ4n) is 2.13. The van der Waals surface area contributed by atoms with Crippen LogP contribution in [0.4, 0.5) is 0 Å². The zero-order valence-corrected chi connectivity index (χ0v) is 8.66. The zero-order valence-electron chi connectivity index (χ0n) is 8.66. The van der Waals surface area contributed by atoms with Crippen molar-refractivity contribution >= 4 is 0 Å². The van der Waals surface area contributed by atoms with Gasteiger partial charge in [-0.05, 0) is 18.3 Å². The monoisotopic (exact) mass is 169 g/mol. The Balaban J connectivity index is 0.000000213. The van der Waals surface area contributed by atoms with E-state index in [1.165, 1.54) is 51.6 Å². The summed E-state index contributed by atoms with van der Waals surface area (Å²) >= 11 is 0. The maximum Gasteiger partial charge on any atom is 0.00202 e. The molecule has 1 nitrogen and oxygen atoms in total. The summed E-state index contributed by atoms with van der Waals surface area (Å²) in [5, 5.41) is 3.37. The third-order valence-electron chi connectivity index (χ3n) is 2.91. The molecular weight excluding hydrogens is 146 g/mol. The highest BCUT2D eigenvalue weighted by molar-refractivity contribution is 4.93. The highest BCUT2D eigenvalue weighted by Gasteiger charge is 2.37. The van der Waals surface area contributed by atoms with Crippen LogP contribution in [0.5, 0.6) is 0 Å². The summed E-state index contributed by atoms with van der Waals surface area (Å²) in [5.41, 5.74) is 0.790. The van der Waals surface area contributed by atoms with Crippen LogP contribution in [0, 0.1) is 5.41 Å². The molecule has 1 heteroatoms. The molecule has 0 aromatic rings. The van der Waals surface area contributed by atoms with Gasteiger partial charge in [-0.1, -0.05) is 39.5 Å². The second kappa shape index (κ2) is 4.86. The standard InChI is InChI=1S/C8H15N.C3H8/c1-2-4-8(5-3-1)6-9-7-8;1-3-2/h9H,1-7H2;3H2,1-2H3. The van der Waals surface area contributed by atoms with Gasteiger partial charge in [0, 0.05) is 13.1 Å². The smallest absolute Gasteiger partial charge is 0.00202 e. The Labute approximate surface area is 76.9 Å². The first-order valence-corrected chi connectivity index (χ1v) is 5.54. The molecule has 0 aromatic heterocycles. The van der Waals surface area contributed by atoms with Crippen molar-refractivity contribution in [3.05, 3.63) is 0 Å². The molecule has 0 amide bonds. The van der Waals surface area contributed by atoms with Crippen LogP contribution < -0.4 is 5.32 Å². The van der Waals surface area contributed by atoms with E-state index in [1.54, 1.807) is 0 Å². The van der Waals surface area contributed by atoms with E-state index in [1.807, 2.05) is 0 Å². The normalized spacial score (nSPS) is 25.5. The minimum atomic E-state index is 0.790. The van der Waals surface area contributed by atoms with E-state index in [0.717, 1.165) is 5.41 Å². The molecule has 1 aliphatic heterocycles. The van der Waals surface area contributed by atoms with Crippen LogP contribution in [0.2, 0.25) is 0 Å². The van der Waals surface area contributed by atoms with Crippen molar-refractivity contribution in [3.63, 3.8) is 0 Å². The summed E-state index contributed by atoms with van der Waals surface area (Å²) in [6.07, 6.45) is 8.71. The van der Waals surface area contributed by atoms with Gasteiger partial charge in [0.15, 0.2) is 0 Å². The van der Waals surface area contributed by atoms with E-state index in [4.69, 9.17) is 0 Å². The van der Waals surface area contributed by atoms with E-state index in [9.17, 15) is 0 Å². The van der Waals surface area contributed by atoms with Gasteiger partial charge in [-0.25, -0.2) is 0 Å². The van der Waals surface area contributed by atoms with Crippen molar-refractivity contribution < 1.29 is 0 Å². The van der Waals surface area contributed by atoms with Gasteiger partial charge in [0.2, 0.25) is 0 Å². The molecule has 2 aliphatic rings. The van der Waals surface area contributed by atoms with Gasteiger partial charge in [0.25, 0.3) is 0 Å². The lowest BCUT2D eigenvalue weighted by Gasteiger charge is -2.45. The minimum Gasteiger partial charge on any atom is -0.316 e. The molecule has 72 valence electrons. The molecule has 2 rings (SSSR count). The van der Waals surface area contributed by atoms with Crippen LogP contribution in [0.3, 0.4) is 0 Å². The highest BCUT2D eigenvalue weighted by Crippen LogP contribution is 2.38. The molecule has 1 spiro atoms. The van der Waals surface area contributed by atoms with Crippen LogP contribution in [-0.4, -0.2) is 13.1 Å². The molecule has 2 fully saturated rings. The van der Waals surface area contributed by atoms with Gasteiger partial charge < -0.3 is 5.32 Å². The maximum absolute atomic E-state index is 3.37. The Kier molecular flexibility index (Phi) is 4.07. The molecule has 12 heavy (non-hydrogen) atoms. The first-order chi connectivity index (χ1) is 5.83. The predicted octanol–water partition coefficient (Wildman–Crippen LogP) is 2.96. The maximum atomic E-state index is 3.37. The van der Waals surface area contributed by atoms with E-state index >= 15 is 0 Å². The van der Waals surface area contributed by atoms with Gasteiger partial charge in [-0.2, -0.15) is 0 Å². The number of hydrogen-bond donors (Lipinski definition) is 1. The lowest BCUT2D eigenvalue weighted by Crippen LogP contribution is -2.54. The van der Waals surface area contributed by atoms with Crippen molar-refractivity contribution in [3.8, 4) is 0 Å². The van der Waals surface area contributed by atoms with Crippen LogP contribution in [0.25, 0.3) is 0 Å². The van der Waals surface area contributed by atoms with Crippen LogP contribution in [0.1, 0.15) is 52.4 Å². The molecule has 0 aromatic carbocycles. The average molecular weight is 169 g/mol. The van der Waals surface area contributed by atoms with Gasteiger partial charge >= 0.3 is 0 Å². The molecule has 1 N–H and O–H groups in total. The molecule has 0 atom stereocenters. The molecule has 1 heterocycles. The molecule has 1 saturated carbocycles. The summed E-state index contributed by atoms with van der Waals surface area (Å²) in [6.45, 7) is 6.88. The lowest BCUT2D eigenvalue weighted by atomic mass is 9.70. The summed E-state index contributed by atoms with van der Waals surface area (Å²) in [4.78, 5) is 0. The molecule has 1 saturated heterocycles. The molecule has 1 aliphatic carbocycles. The van der Waals surface area contributed by atoms with Crippen molar-refractivity contribution in [1.29, 1.82) is 0 Å². The number of rotatable bonds is 0. The van der Waals surface area contributed by atoms with Crippen LogP contribution in [0.15, 0.2) is 0 Å². The lowest BCUT2D eigenvalue weighted by molar-refractivity contribution is 0.107. The molecular formula is C11H23N. The van der Waals surface area contributed by atoms with Crippen LogP contribution in [-0.2, 0) is 0 Å². The number of nitrogens with one attached hydrogen (secondary N) is 1. The number of hydrogen-bond acceptors (Lipinski definition) is 1. The van der Waals surface area contributed by atoms with E-state index in [-0.39, 0.29) is 0 Å². The SMILES string of the molecule is C1CCC2(CC1)CNC2.CCC. The highest BCUT2D eigenvalue weighted by atomic mass is 15.0. The Bertz CT molecular complexity index is 108. The third-order valence-corrected chi connectivity index (χ3v) is 2.91. The summed E-state index contributed by atoms with van der Waals surface area (Å²) < 4.78 is 0. The zero-order chi connectivity index (χ0) is 8.86. The average Bonchev–Trinajstić information content (AvgIpc) is 2.05. The van der Waals surface area contributed by atoms with Crippen molar-refractivity contribution in [1.82, 2.24) is 5.32 Å². The summed E-state index contributed by atoms with van der Waals surface area (Å²) in [7, 11) is 0. The Morgan fingerprint density at radius 3 is 1.75 bits per heavy atom. The summed E-state index contributed by atoms with van der Waals surface area (Å²) in [5.74, 6) is 0. The van der Waals surface area contributed by atoms with Gasteiger partial charge in [0.1, 0.15) is 0 Å². The fourth-order valence-corrected chi connectivity index (χ4v) is 2.13. The van der Waals surface area contributed by atoms with Crippen LogP contribution >= 0.6 is 0 Å². The predicted molar refractivity (Wildman–Crippen MR) is 54.4 cm³/mol. The topological polar surface area (TPSA) is 12.0 Å². The van der Waals surface area contributed by atoms with E-state index < -0.39 is 0 Å². The Morgan fingerprint density at radius 1 is 1.00 bits per heavy atom. The molecule has 0 bridgehead atoms. The van der Waals surface area contributed by atoms with Gasteiger partial charge in [-0.3, -0.25) is 0 Å². The van der Waals surface area contributed by atoms with Gasteiger partial charge in [-0.15, -0.1) is 0 Å². The molecule has 0 unspecified atom stereocenters. The first kappa shape index (κ1) is 10.0. The second-order valence-electron chi connectivity index (χ2n) is 4.37. The third kappa shape index (κ3) is 2.48. The fraction of sp³-hybridized carbons (Fsp3) is 1.00. The quantitative estimate of drug-likeness (QED) is 0.588. The Hall–Kier alpha value is -0.0400. The first-order valence-electron chi connectivity index (χ1n) is 5.54. The largest absolute Gasteiger partial charge is 0.316 e. The molecule has 0 radical (unpaired) electrons. The summed E-state index contributed by atoms with van der Waals surface area (Å²) in [6, 6.07) is 0. The Morgan fingerprint density at radius 2 is 1.50 bits per heavy atom. The van der Waals surface area contributed by atoms with Crippen molar-refractivity contribution in [2.75, 3.05) is 13.1 Å². The van der Waals surface area contributed by atoms with Gasteiger partial charge in [0.05, 0.1) is 0 Å².